The molecule has 1 aliphatic heterocycles. The van der Waals surface area contributed by atoms with Gasteiger partial charge in [-0.05, 0) is 145 Å². The average molecular weight is 1050 g/mol. The smallest absolute Gasteiger partial charge is 0.420 e. The molecule has 0 bridgehead atoms. The van der Waals surface area contributed by atoms with Crippen LogP contribution in [0, 0.1) is 23.7 Å². The molecular weight excluding hydrogens is 982 g/mol. The highest BCUT2D eigenvalue weighted by Gasteiger charge is 2.43. The number of aldehydes is 1. The number of benzene rings is 4. The van der Waals surface area contributed by atoms with E-state index in [1.165, 1.54) is 37.5 Å². The van der Waals surface area contributed by atoms with Gasteiger partial charge in [-0.15, -0.1) is 0 Å². The van der Waals surface area contributed by atoms with Gasteiger partial charge in [-0.3, -0.25) is 19.3 Å². The van der Waals surface area contributed by atoms with Crippen LogP contribution < -0.4 is 9.47 Å². The Balaban J connectivity index is 0.000000238. The summed E-state index contributed by atoms with van der Waals surface area (Å²) in [4.78, 5) is 36.7. The summed E-state index contributed by atoms with van der Waals surface area (Å²) in [6, 6.07) is 15.3. The largest absolute Gasteiger partial charge is 0.490 e. The van der Waals surface area contributed by atoms with Crippen LogP contribution >= 0.6 is 0 Å². The van der Waals surface area contributed by atoms with E-state index in [1.807, 2.05) is 11.8 Å². The number of esters is 2. The number of fused-ring (bicyclic) bond motifs is 2. The van der Waals surface area contributed by atoms with Gasteiger partial charge in [0.1, 0.15) is 22.6 Å². The molecule has 0 N–H and O–H groups in total. The van der Waals surface area contributed by atoms with Gasteiger partial charge in [-0.1, -0.05) is 82.1 Å². The number of carbonyl (C=O) groups is 3. The normalized spacial score (nSPS) is 21.3. The summed E-state index contributed by atoms with van der Waals surface area (Å²) in [5.74, 6) is -1.61. The summed E-state index contributed by atoms with van der Waals surface area (Å²) in [5.41, 5.74) is -1.22. The molecule has 4 aliphatic rings. The van der Waals surface area contributed by atoms with Crippen molar-refractivity contribution < 1.29 is 72.8 Å². The fraction of sp³-hybridized carbons (Fsp3) is 0.596. The van der Waals surface area contributed by atoms with Gasteiger partial charge in [0.25, 0.3) is 0 Å². The van der Waals surface area contributed by atoms with Crippen LogP contribution in [-0.2, 0) is 38.0 Å². The number of halogens is 9. The highest BCUT2D eigenvalue weighted by molar-refractivity contribution is 6.01. The van der Waals surface area contributed by atoms with E-state index in [2.05, 4.69) is 6.92 Å². The predicted molar refractivity (Wildman–Crippen MR) is 267 cm³/mol. The molecule has 3 aliphatic carbocycles. The molecule has 1 saturated heterocycles. The molecule has 4 fully saturated rings. The van der Waals surface area contributed by atoms with Gasteiger partial charge in [-0.2, -0.15) is 39.5 Å². The van der Waals surface area contributed by atoms with Crippen molar-refractivity contribution in [3.8, 4) is 11.5 Å². The van der Waals surface area contributed by atoms with Crippen LogP contribution in [0.1, 0.15) is 158 Å². The van der Waals surface area contributed by atoms with Gasteiger partial charge >= 0.3 is 30.5 Å². The Labute approximate surface area is 429 Å². The summed E-state index contributed by atoms with van der Waals surface area (Å²) >= 11 is 0. The number of alkyl halides is 9. The molecule has 3 saturated carbocycles. The Hall–Kier alpha value is -5.06. The van der Waals surface area contributed by atoms with Crippen molar-refractivity contribution in [3.05, 3.63) is 82.9 Å². The third-order valence-electron chi connectivity index (χ3n) is 14.4. The molecule has 8 nitrogen and oxygen atoms in total. The van der Waals surface area contributed by atoms with Gasteiger partial charge in [-0.25, -0.2) is 0 Å². The van der Waals surface area contributed by atoms with Gasteiger partial charge < -0.3 is 18.9 Å². The Morgan fingerprint density at radius 1 is 0.635 bits per heavy atom. The first-order valence-corrected chi connectivity index (χ1v) is 25.8. The molecule has 8 rings (SSSR count). The fourth-order valence-corrected chi connectivity index (χ4v) is 10.5. The molecule has 0 atom stereocenters. The second-order valence-corrected chi connectivity index (χ2v) is 20.2. The lowest BCUT2D eigenvalue weighted by molar-refractivity contribution is -0.185. The second-order valence-electron chi connectivity index (χ2n) is 20.2. The first-order valence-electron chi connectivity index (χ1n) is 25.8. The van der Waals surface area contributed by atoms with E-state index in [1.54, 1.807) is 56.3 Å². The third kappa shape index (κ3) is 16.2. The van der Waals surface area contributed by atoms with E-state index in [0.29, 0.717) is 61.1 Å². The molecule has 4 aromatic carbocycles. The molecule has 0 spiro atoms. The molecule has 4 aromatic rings. The minimum absolute atomic E-state index is 0. The van der Waals surface area contributed by atoms with E-state index >= 15 is 0 Å². The van der Waals surface area contributed by atoms with Crippen LogP contribution in [0.4, 0.5) is 39.5 Å². The maximum Gasteiger partial charge on any atom is 0.420 e. The van der Waals surface area contributed by atoms with E-state index in [-0.39, 0.29) is 103 Å². The zero-order valence-corrected chi connectivity index (χ0v) is 42.0. The lowest BCUT2D eigenvalue weighted by Crippen LogP contribution is -2.37. The first kappa shape index (κ1) is 59.8. The quantitative estimate of drug-likeness (QED) is 0.0833. The topological polar surface area (TPSA) is 91.4 Å². The minimum atomic E-state index is -4.72. The molecule has 0 aromatic heterocycles. The van der Waals surface area contributed by atoms with Crippen molar-refractivity contribution in [3.63, 3.8) is 0 Å². The van der Waals surface area contributed by atoms with Crippen molar-refractivity contribution in [2.75, 3.05) is 19.7 Å². The number of likely N-dealkylation sites (tertiary alicyclic amines) is 1. The Kier molecular flexibility index (Phi) is 21.5. The first-order chi connectivity index (χ1) is 34.6. The van der Waals surface area contributed by atoms with Gasteiger partial charge in [0.2, 0.25) is 0 Å². The maximum absolute atomic E-state index is 14.5. The van der Waals surface area contributed by atoms with Crippen molar-refractivity contribution in [2.24, 2.45) is 23.7 Å². The summed E-state index contributed by atoms with van der Waals surface area (Å²) < 4.78 is 145. The van der Waals surface area contributed by atoms with Gasteiger partial charge in [0.05, 0.1) is 42.7 Å². The standard InChI is InChI=1S/C28H33F6NO3.C19H19F3O2.C9H16O2.CH4/c1-17(2)37-26(36)19-12-14-35(15-13-19)16-20-5-3-4-18-6-11-23(25(24(18)20)28(32,33)34)38-22-9-7-21(8-10-22)27(29,30)31;1-12-5-8-15(9-6-12)24-16-10-7-13-3-2-4-14(11-23)17(13)18(16)19(20,21)22;1-2-11-9(10)8-6-4-3-5-7-8;/h3-6,11,17,19,21-22H,7-10,12-16H2,1-2H3;2-4,7,10-12,15H,5-6,8-9H2,1H3;8H,2-7H2,1H3;1H4. The number of hydrogen-bond acceptors (Lipinski definition) is 8. The van der Waals surface area contributed by atoms with E-state index < -0.39 is 41.7 Å². The zero-order valence-electron chi connectivity index (χ0n) is 42.0. The van der Waals surface area contributed by atoms with Crippen LogP contribution in [0.25, 0.3) is 21.5 Å². The average Bonchev–Trinajstić information content (AvgIpc) is 3.34. The molecular formula is C57H72F9NO7. The lowest BCUT2D eigenvalue weighted by atomic mass is 9.87. The third-order valence-corrected chi connectivity index (χ3v) is 14.4. The molecule has 0 amide bonds. The predicted octanol–water partition coefficient (Wildman–Crippen LogP) is 15.9. The van der Waals surface area contributed by atoms with Crippen LogP contribution in [0.2, 0.25) is 0 Å². The Bertz CT molecular complexity index is 2440. The number of rotatable bonds is 11. The summed E-state index contributed by atoms with van der Waals surface area (Å²) in [7, 11) is 0. The van der Waals surface area contributed by atoms with E-state index in [0.717, 1.165) is 38.5 Å². The van der Waals surface area contributed by atoms with Crippen LogP contribution in [0.15, 0.2) is 60.7 Å². The highest BCUT2D eigenvalue weighted by atomic mass is 19.4. The Morgan fingerprint density at radius 2 is 1.14 bits per heavy atom. The van der Waals surface area contributed by atoms with Crippen LogP contribution in [-0.4, -0.2) is 67.3 Å². The maximum atomic E-state index is 14.5. The number of carbonyl (C=O) groups excluding carboxylic acids is 3. The molecule has 1 heterocycles. The molecule has 410 valence electrons. The summed E-state index contributed by atoms with van der Waals surface area (Å²) in [5, 5.41) is 0.763. The molecule has 0 radical (unpaired) electrons. The van der Waals surface area contributed by atoms with Crippen LogP contribution in [0.3, 0.4) is 0 Å². The summed E-state index contributed by atoms with van der Waals surface area (Å²) in [6.07, 6.45) is -4.15. The zero-order chi connectivity index (χ0) is 53.1. The van der Waals surface area contributed by atoms with Gasteiger partial charge in [0.15, 0.2) is 6.29 Å². The van der Waals surface area contributed by atoms with Crippen molar-refractivity contribution in [2.45, 2.75) is 175 Å². The fourth-order valence-electron chi connectivity index (χ4n) is 10.5. The molecule has 0 unspecified atom stereocenters. The number of nitrogens with zero attached hydrogens (tertiary/aromatic N) is 1. The molecule has 74 heavy (non-hydrogen) atoms. The minimum Gasteiger partial charge on any atom is -0.490 e. The van der Waals surface area contributed by atoms with Crippen molar-refractivity contribution in [1.29, 1.82) is 0 Å². The van der Waals surface area contributed by atoms with Crippen molar-refractivity contribution in [1.82, 2.24) is 4.90 Å². The Morgan fingerprint density at radius 3 is 1.64 bits per heavy atom. The summed E-state index contributed by atoms with van der Waals surface area (Å²) in [6.45, 7) is 9.48. The van der Waals surface area contributed by atoms with E-state index in [4.69, 9.17) is 18.9 Å². The number of piperidine rings is 1. The number of hydrogen-bond donors (Lipinski definition) is 0. The van der Waals surface area contributed by atoms with Gasteiger partial charge in [0, 0.05) is 22.9 Å². The monoisotopic (exact) mass is 1050 g/mol. The number of ether oxygens (including phenoxy) is 4. The van der Waals surface area contributed by atoms with Crippen LogP contribution in [0.5, 0.6) is 11.5 Å². The SMILES string of the molecule is C.CC(C)OC(=O)C1CCN(Cc2cccc3ccc(OC4CCC(C(F)(F)F)CC4)c(C(F)(F)F)c23)CC1.CC1CCC(Oc2ccc3cccc(C=O)c3c2C(F)(F)F)CC1.CCOC(=O)C1CCCCC1. The second kappa shape index (κ2) is 26.6. The van der Waals surface area contributed by atoms with Crippen molar-refractivity contribution >= 4 is 39.8 Å². The lowest BCUT2D eigenvalue weighted by Gasteiger charge is -2.32. The molecule has 17 heteroatoms. The highest BCUT2D eigenvalue weighted by Crippen LogP contribution is 2.46. The van der Waals surface area contributed by atoms with E-state index in [9.17, 15) is 53.9 Å².